The van der Waals surface area contributed by atoms with Crippen LogP contribution in [0.25, 0.3) is 0 Å². The second kappa shape index (κ2) is 5.69. The largest absolute Gasteiger partial charge is 0.309 e. The molecule has 1 aliphatic carbocycles. The van der Waals surface area contributed by atoms with Crippen LogP contribution >= 0.6 is 11.6 Å². The fraction of sp³-hybridized carbons (Fsp3) is 0.667. The van der Waals surface area contributed by atoms with E-state index in [0.717, 1.165) is 5.02 Å². The first-order valence-corrected chi connectivity index (χ1v) is 8.06. The van der Waals surface area contributed by atoms with E-state index in [-0.39, 0.29) is 5.54 Å². The van der Waals surface area contributed by atoms with E-state index in [4.69, 9.17) is 11.6 Å². The lowest BCUT2D eigenvalue weighted by Gasteiger charge is -2.43. The zero-order chi connectivity index (χ0) is 15.0. The molecule has 1 N–H and O–H groups in total. The van der Waals surface area contributed by atoms with Gasteiger partial charge in [-0.1, -0.05) is 44.5 Å². The fourth-order valence-corrected chi connectivity index (χ4v) is 3.80. The molecule has 0 aliphatic heterocycles. The SMILES string of the molecule is CC(C)(C)CC(C)(C)NC1CC(c2ccc(Cl)cc2)C1. The van der Waals surface area contributed by atoms with E-state index in [1.807, 2.05) is 12.1 Å². The first-order valence-electron chi connectivity index (χ1n) is 7.68. The average molecular weight is 294 g/mol. The number of benzene rings is 1. The maximum atomic E-state index is 5.94. The van der Waals surface area contributed by atoms with E-state index in [9.17, 15) is 0 Å². The Hall–Kier alpha value is -0.530. The van der Waals surface area contributed by atoms with Crippen LogP contribution < -0.4 is 5.32 Å². The van der Waals surface area contributed by atoms with Gasteiger partial charge in [-0.05, 0) is 62.1 Å². The molecule has 1 saturated carbocycles. The van der Waals surface area contributed by atoms with Gasteiger partial charge in [0.2, 0.25) is 0 Å². The zero-order valence-electron chi connectivity index (χ0n) is 13.5. The molecule has 0 radical (unpaired) electrons. The number of halogens is 1. The van der Waals surface area contributed by atoms with E-state index < -0.39 is 0 Å². The average Bonchev–Trinajstić information content (AvgIpc) is 2.21. The van der Waals surface area contributed by atoms with Crippen molar-refractivity contribution >= 4 is 11.6 Å². The molecule has 20 heavy (non-hydrogen) atoms. The van der Waals surface area contributed by atoms with Gasteiger partial charge in [0.25, 0.3) is 0 Å². The van der Waals surface area contributed by atoms with E-state index >= 15 is 0 Å². The van der Waals surface area contributed by atoms with Gasteiger partial charge in [-0.25, -0.2) is 0 Å². The molecule has 0 spiro atoms. The minimum Gasteiger partial charge on any atom is -0.309 e. The van der Waals surface area contributed by atoms with Crippen molar-refractivity contribution in [1.29, 1.82) is 0 Å². The highest BCUT2D eigenvalue weighted by molar-refractivity contribution is 6.30. The first kappa shape index (κ1) is 15.9. The van der Waals surface area contributed by atoms with Crippen molar-refractivity contribution < 1.29 is 0 Å². The van der Waals surface area contributed by atoms with Gasteiger partial charge in [-0.2, -0.15) is 0 Å². The highest BCUT2D eigenvalue weighted by Gasteiger charge is 2.35. The molecule has 0 heterocycles. The van der Waals surface area contributed by atoms with Gasteiger partial charge in [0.05, 0.1) is 0 Å². The van der Waals surface area contributed by atoms with Crippen molar-refractivity contribution in [2.24, 2.45) is 5.41 Å². The smallest absolute Gasteiger partial charge is 0.0406 e. The molecular weight excluding hydrogens is 266 g/mol. The molecule has 0 saturated heterocycles. The van der Waals surface area contributed by atoms with Gasteiger partial charge in [0.1, 0.15) is 0 Å². The van der Waals surface area contributed by atoms with E-state index in [0.29, 0.717) is 17.4 Å². The van der Waals surface area contributed by atoms with Crippen LogP contribution in [0, 0.1) is 5.41 Å². The maximum absolute atomic E-state index is 5.94. The summed E-state index contributed by atoms with van der Waals surface area (Å²) in [5.74, 6) is 0.704. The van der Waals surface area contributed by atoms with Crippen LogP contribution in [0.3, 0.4) is 0 Å². The van der Waals surface area contributed by atoms with Crippen LogP contribution in [0.15, 0.2) is 24.3 Å². The van der Waals surface area contributed by atoms with Crippen LogP contribution in [0.2, 0.25) is 5.02 Å². The Balaban J connectivity index is 1.83. The summed E-state index contributed by atoms with van der Waals surface area (Å²) in [6, 6.07) is 9.00. The van der Waals surface area contributed by atoms with Crippen molar-refractivity contribution in [2.75, 3.05) is 0 Å². The molecule has 0 aromatic heterocycles. The summed E-state index contributed by atoms with van der Waals surface area (Å²) >= 11 is 5.94. The normalized spacial score (nSPS) is 23.5. The number of hydrogen-bond acceptors (Lipinski definition) is 1. The summed E-state index contributed by atoms with van der Waals surface area (Å²) in [7, 11) is 0. The van der Waals surface area contributed by atoms with Crippen LogP contribution in [-0.2, 0) is 0 Å². The van der Waals surface area contributed by atoms with Crippen LogP contribution in [-0.4, -0.2) is 11.6 Å². The Morgan fingerprint density at radius 3 is 2.10 bits per heavy atom. The third-order valence-corrected chi connectivity index (χ3v) is 4.30. The third kappa shape index (κ3) is 4.49. The van der Waals surface area contributed by atoms with Crippen molar-refractivity contribution in [2.45, 2.75) is 71.4 Å². The van der Waals surface area contributed by atoms with Crippen molar-refractivity contribution in [1.82, 2.24) is 5.32 Å². The Morgan fingerprint density at radius 1 is 1.05 bits per heavy atom. The zero-order valence-corrected chi connectivity index (χ0v) is 14.2. The summed E-state index contributed by atoms with van der Waals surface area (Å²) in [6.07, 6.45) is 3.69. The van der Waals surface area contributed by atoms with Crippen LogP contribution in [0.4, 0.5) is 0 Å². The second-order valence-electron chi connectivity index (χ2n) is 8.18. The number of hydrogen-bond donors (Lipinski definition) is 1. The van der Waals surface area contributed by atoms with Gasteiger partial charge in [0, 0.05) is 16.6 Å². The van der Waals surface area contributed by atoms with Gasteiger partial charge < -0.3 is 5.32 Å². The molecule has 0 atom stereocenters. The Morgan fingerprint density at radius 2 is 1.60 bits per heavy atom. The van der Waals surface area contributed by atoms with Crippen LogP contribution in [0.1, 0.15) is 65.4 Å². The Bertz CT molecular complexity index is 435. The molecule has 112 valence electrons. The molecule has 1 nitrogen and oxygen atoms in total. The molecule has 0 unspecified atom stereocenters. The monoisotopic (exact) mass is 293 g/mol. The fourth-order valence-electron chi connectivity index (χ4n) is 3.67. The molecule has 1 aliphatic rings. The van der Waals surface area contributed by atoms with E-state index in [1.54, 1.807) is 0 Å². The number of nitrogens with one attached hydrogen (secondary N) is 1. The second-order valence-corrected chi connectivity index (χ2v) is 8.62. The summed E-state index contributed by atoms with van der Waals surface area (Å²) < 4.78 is 0. The summed E-state index contributed by atoms with van der Waals surface area (Å²) in [6.45, 7) is 11.6. The molecule has 2 rings (SSSR count). The lowest BCUT2D eigenvalue weighted by Crippen LogP contribution is -2.52. The lowest BCUT2D eigenvalue weighted by molar-refractivity contribution is 0.176. The number of rotatable bonds is 4. The standard InChI is InChI=1S/C18H28ClN/c1-17(2,3)12-18(4,5)20-16-10-14(11-16)13-6-8-15(19)9-7-13/h6-9,14,16,20H,10-12H2,1-5H3. The highest BCUT2D eigenvalue weighted by Crippen LogP contribution is 2.39. The molecule has 1 aromatic rings. The highest BCUT2D eigenvalue weighted by atomic mass is 35.5. The molecule has 0 amide bonds. The van der Waals surface area contributed by atoms with Crippen molar-refractivity contribution in [3.05, 3.63) is 34.9 Å². The Kier molecular flexibility index (Phi) is 4.51. The summed E-state index contributed by atoms with van der Waals surface area (Å²) in [5, 5.41) is 4.66. The minimum atomic E-state index is 0.216. The maximum Gasteiger partial charge on any atom is 0.0406 e. The van der Waals surface area contributed by atoms with Crippen LogP contribution in [0.5, 0.6) is 0 Å². The minimum absolute atomic E-state index is 0.216. The molecule has 2 heteroatoms. The molecule has 1 aromatic carbocycles. The van der Waals surface area contributed by atoms with Gasteiger partial charge in [-0.15, -0.1) is 0 Å². The van der Waals surface area contributed by atoms with Gasteiger partial charge in [-0.3, -0.25) is 0 Å². The van der Waals surface area contributed by atoms with Crippen molar-refractivity contribution in [3.8, 4) is 0 Å². The first-order chi connectivity index (χ1) is 9.15. The predicted octanol–water partition coefficient (Wildman–Crippen LogP) is 5.39. The Labute approximate surface area is 129 Å². The van der Waals surface area contributed by atoms with E-state index in [1.165, 1.54) is 24.8 Å². The molecule has 1 fully saturated rings. The van der Waals surface area contributed by atoms with E-state index in [2.05, 4.69) is 52.1 Å². The summed E-state index contributed by atoms with van der Waals surface area (Å²) in [4.78, 5) is 0. The van der Waals surface area contributed by atoms with Crippen molar-refractivity contribution in [3.63, 3.8) is 0 Å². The predicted molar refractivity (Wildman–Crippen MR) is 88.5 cm³/mol. The third-order valence-electron chi connectivity index (χ3n) is 4.05. The topological polar surface area (TPSA) is 12.0 Å². The van der Waals surface area contributed by atoms with Gasteiger partial charge >= 0.3 is 0 Å². The summed E-state index contributed by atoms with van der Waals surface area (Å²) in [5.41, 5.74) is 2.02. The molecular formula is C18H28ClN. The quantitative estimate of drug-likeness (QED) is 0.785. The van der Waals surface area contributed by atoms with Gasteiger partial charge in [0.15, 0.2) is 0 Å². The lowest BCUT2D eigenvalue weighted by atomic mass is 9.73. The molecule has 0 bridgehead atoms.